The summed E-state index contributed by atoms with van der Waals surface area (Å²) in [7, 11) is 0. The van der Waals surface area contributed by atoms with Gasteiger partial charge in [-0.25, -0.2) is 4.79 Å². The molecular weight excluding hydrogens is 266 g/mol. The van der Waals surface area contributed by atoms with Crippen molar-refractivity contribution in [1.29, 1.82) is 0 Å². The van der Waals surface area contributed by atoms with Crippen molar-refractivity contribution in [2.24, 2.45) is 0 Å². The predicted molar refractivity (Wildman–Crippen MR) is 83.1 cm³/mol. The number of carbonyl (C=O) groups is 1. The Morgan fingerprint density at radius 1 is 1.52 bits per heavy atom. The van der Waals surface area contributed by atoms with Crippen LogP contribution in [0.3, 0.4) is 0 Å². The fraction of sp³-hybridized carbons (Fsp3) is 0.688. The van der Waals surface area contributed by atoms with E-state index in [4.69, 9.17) is 4.74 Å². The van der Waals surface area contributed by atoms with E-state index in [-0.39, 0.29) is 12.1 Å². The van der Waals surface area contributed by atoms with Crippen LogP contribution in [0, 0.1) is 0 Å². The van der Waals surface area contributed by atoms with Gasteiger partial charge in [0.05, 0.1) is 0 Å². The summed E-state index contributed by atoms with van der Waals surface area (Å²) in [5.74, 6) is 0. The Bertz CT molecular complexity index is 451. The summed E-state index contributed by atoms with van der Waals surface area (Å²) in [6, 6.07) is 4.73. The topological polar surface area (TPSA) is 57.4 Å². The standard InChI is InChI=1S/C16H27N3O2/c1-12-10-13(18-11-14-6-5-8-17-14)7-9-19(12)15(20)21-16(2,3)4/h5-6,8,12-13,17-18H,7,9-11H2,1-4H3. The second-order valence-electron chi connectivity index (χ2n) is 6.82. The minimum Gasteiger partial charge on any atom is -0.444 e. The van der Waals surface area contributed by atoms with Gasteiger partial charge in [0.15, 0.2) is 0 Å². The van der Waals surface area contributed by atoms with Crippen LogP contribution in [-0.4, -0.2) is 40.2 Å². The molecule has 1 saturated heterocycles. The van der Waals surface area contributed by atoms with E-state index >= 15 is 0 Å². The number of piperidine rings is 1. The van der Waals surface area contributed by atoms with Crippen LogP contribution in [-0.2, 0) is 11.3 Å². The van der Waals surface area contributed by atoms with Crippen LogP contribution in [0.2, 0.25) is 0 Å². The molecule has 5 nitrogen and oxygen atoms in total. The molecule has 2 heterocycles. The predicted octanol–water partition coefficient (Wildman–Crippen LogP) is 2.89. The molecule has 21 heavy (non-hydrogen) atoms. The first kappa shape index (κ1) is 15.9. The largest absolute Gasteiger partial charge is 0.444 e. The lowest BCUT2D eigenvalue weighted by Crippen LogP contribution is -2.50. The van der Waals surface area contributed by atoms with Crippen molar-refractivity contribution in [1.82, 2.24) is 15.2 Å². The zero-order valence-electron chi connectivity index (χ0n) is 13.5. The first-order valence-corrected chi connectivity index (χ1v) is 7.70. The summed E-state index contributed by atoms with van der Waals surface area (Å²) >= 11 is 0. The third-order valence-electron chi connectivity index (χ3n) is 3.75. The molecule has 2 N–H and O–H groups in total. The van der Waals surface area contributed by atoms with Gasteiger partial charge in [-0.05, 0) is 52.7 Å². The van der Waals surface area contributed by atoms with Crippen molar-refractivity contribution in [2.75, 3.05) is 6.54 Å². The van der Waals surface area contributed by atoms with Gasteiger partial charge in [-0.1, -0.05) is 0 Å². The molecule has 0 saturated carbocycles. The lowest BCUT2D eigenvalue weighted by atomic mass is 9.98. The molecule has 5 heteroatoms. The Kier molecular flexibility index (Phi) is 4.93. The summed E-state index contributed by atoms with van der Waals surface area (Å²) in [4.78, 5) is 17.2. The molecular formula is C16H27N3O2. The van der Waals surface area contributed by atoms with E-state index in [1.807, 2.05) is 37.9 Å². The van der Waals surface area contributed by atoms with Crippen LogP contribution in [0.15, 0.2) is 18.3 Å². The Labute approximate surface area is 127 Å². The van der Waals surface area contributed by atoms with Gasteiger partial charge in [-0.15, -0.1) is 0 Å². The number of carbonyl (C=O) groups excluding carboxylic acids is 1. The first-order valence-electron chi connectivity index (χ1n) is 7.70. The van der Waals surface area contributed by atoms with Crippen molar-refractivity contribution >= 4 is 6.09 Å². The fourth-order valence-corrected chi connectivity index (χ4v) is 2.68. The van der Waals surface area contributed by atoms with Gasteiger partial charge in [-0.2, -0.15) is 0 Å². The summed E-state index contributed by atoms with van der Waals surface area (Å²) in [5, 5.41) is 3.55. The zero-order chi connectivity index (χ0) is 15.5. The molecule has 1 aromatic heterocycles. The van der Waals surface area contributed by atoms with Gasteiger partial charge in [0.1, 0.15) is 5.60 Å². The molecule has 1 aromatic rings. The monoisotopic (exact) mass is 293 g/mol. The second-order valence-corrected chi connectivity index (χ2v) is 6.82. The van der Waals surface area contributed by atoms with Crippen LogP contribution < -0.4 is 5.32 Å². The van der Waals surface area contributed by atoms with Crippen molar-refractivity contribution in [3.8, 4) is 0 Å². The minimum absolute atomic E-state index is 0.196. The van der Waals surface area contributed by atoms with E-state index in [0.29, 0.717) is 6.04 Å². The third-order valence-corrected chi connectivity index (χ3v) is 3.75. The summed E-state index contributed by atoms with van der Waals surface area (Å²) in [6.07, 6.45) is 3.66. The van der Waals surface area contributed by atoms with Crippen LogP contribution in [0.25, 0.3) is 0 Å². The lowest BCUT2D eigenvalue weighted by Gasteiger charge is -2.38. The SMILES string of the molecule is CC1CC(NCc2ccc[nH]2)CCN1C(=O)OC(C)(C)C. The van der Waals surface area contributed by atoms with Gasteiger partial charge in [0, 0.05) is 37.1 Å². The third kappa shape index (κ3) is 4.77. The number of ether oxygens (including phenoxy) is 1. The molecule has 1 aliphatic heterocycles. The van der Waals surface area contributed by atoms with Gasteiger partial charge in [0.2, 0.25) is 0 Å². The van der Waals surface area contributed by atoms with Crippen LogP contribution in [0.4, 0.5) is 4.79 Å². The summed E-state index contributed by atoms with van der Waals surface area (Å²) in [6.45, 7) is 9.39. The van der Waals surface area contributed by atoms with Gasteiger partial charge < -0.3 is 19.9 Å². The Morgan fingerprint density at radius 2 is 2.29 bits per heavy atom. The number of nitrogens with one attached hydrogen (secondary N) is 2. The highest BCUT2D eigenvalue weighted by molar-refractivity contribution is 5.68. The lowest BCUT2D eigenvalue weighted by molar-refractivity contribution is 0.00931. The van der Waals surface area contributed by atoms with Crippen molar-refractivity contribution in [2.45, 2.75) is 64.8 Å². The highest BCUT2D eigenvalue weighted by atomic mass is 16.6. The summed E-state index contributed by atoms with van der Waals surface area (Å²) in [5.41, 5.74) is 0.761. The smallest absolute Gasteiger partial charge is 0.410 e. The maximum Gasteiger partial charge on any atom is 0.410 e. The number of hydrogen-bond donors (Lipinski definition) is 2. The van der Waals surface area contributed by atoms with E-state index in [1.165, 1.54) is 5.69 Å². The summed E-state index contributed by atoms with van der Waals surface area (Å²) < 4.78 is 5.46. The number of aromatic nitrogens is 1. The maximum atomic E-state index is 12.2. The van der Waals surface area contributed by atoms with E-state index in [9.17, 15) is 4.79 Å². The molecule has 0 radical (unpaired) electrons. The molecule has 0 aliphatic carbocycles. The highest BCUT2D eigenvalue weighted by Gasteiger charge is 2.31. The number of amides is 1. The number of hydrogen-bond acceptors (Lipinski definition) is 3. The van der Waals surface area contributed by atoms with Crippen molar-refractivity contribution < 1.29 is 9.53 Å². The average Bonchev–Trinajstić information content (AvgIpc) is 2.87. The number of nitrogens with zero attached hydrogens (tertiary/aromatic N) is 1. The van der Waals surface area contributed by atoms with E-state index in [0.717, 1.165) is 25.9 Å². The molecule has 118 valence electrons. The van der Waals surface area contributed by atoms with Gasteiger partial charge >= 0.3 is 6.09 Å². The number of likely N-dealkylation sites (tertiary alicyclic amines) is 1. The molecule has 0 bridgehead atoms. The fourth-order valence-electron chi connectivity index (χ4n) is 2.68. The number of aromatic amines is 1. The van der Waals surface area contributed by atoms with Crippen LogP contribution >= 0.6 is 0 Å². The first-order chi connectivity index (χ1) is 9.85. The number of rotatable bonds is 3. The molecule has 0 spiro atoms. The van der Waals surface area contributed by atoms with Crippen molar-refractivity contribution in [3.63, 3.8) is 0 Å². The zero-order valence-corrected chi connectivity index (χ0v) is 13.5. The van der Waals surface area contributed by atoms with Gasteiger partial charge in [-0.3, -0.25) is 0 Å². The van der Waals surface area contributed by atoms with Crippen LogP contribution in [0.5, 0.6) is 0 Å². The Hall–Kier alpha value is -1.49. The highest BCUT2D eigenvalue weighted by Crippen LogP contribution is 2.20. The molecule has 0 aromatic carbocycles. The van der Waals surface area contributed by atoms with Crippen LogP contribution in [0.1, 0.15) is 46.2 Å². The normalized spacial score (nSPS) is 23.1. The molecule has 2 unspecified atom stereocenters. The molecule has 1 amide bonds. The second kappa shape index (κ2) is 6.52. The Morgan fingerprint density at radius 3 is 2.86 bits per heavy atom. The Balaban J connectivity index is 1.80. The molecule has 1 fully saturated rings. The quantitative estimate of drug-likeness (QED) is 0.901. The van der Waals surface area contributed by atoms with E-state index in [1.54, 1.807) is 0 Å². The maximum absolute atomic E-state index is 12.2. The van der Waals surface area contributed by atoms with E-state index < -0.39 is 5.60 Å². The average molecular weight is 293 g/mol. The minimum atomic E-state index is -0.431. The van der Waals surface area contributed by atoms with Crippen molar-refractivity contribution in [3.05, 3.63) is 24.0 Å². The van der Waals surface area contributed by atoms with Gasteiger partial charge in [0.25, 0.3) is 0 Å². The molecule has 2 atom stereocenters. The number of H-pyrrole nitrogens is 1. The van der Waals surface area contributed by atoms with E-state index in [2.05, 4.69) is 23.3 Å². The molecule has 2 rings (SSSR count). The molecule has 1 aliphatic rings.